The zero-order valence-electron chi connectivity index (χ0n) is 45.4. The smallest absolute Gasteiger partial charge is 0.135 e. The van der Waals surface area contributed by atoms with E-state index in [2.05, 4.69) is 0 Å². The number of rotatable bonds is 2. The normalized spacial score (nSPS) is 20.2. The van der Waals surface area contributed by atoms with Gasteiger partial charge in [0.2, 0.25) is 0 Å². The average Bonchev–Trinajstić information content (AvgIpc) is 3.29. The molecule has 0 N–H and O–H groups in total. The molecule has 0 fully saturated rings. The number of ether oxygens (including phenoxy) is 1. The van der Waals surface area contributed by atoms with Crippen LogP contribution in [0.3, 0.4) is 0 Å². The largest absolute Gasteiger partial charge is 0.456 e. The van der Waals surface area contributed by atoms with Gasteiger partial charge in [0.15, 0.2) is 0 Å². The summed E-state index contributed by atoms with van der Waals surface area (Å²) in [5.74, 6) is -1.15. The van der Waals surface area contributed by atoms with Crippen molar-refractivity contribution >= 4 is 53.9 Å². The molecule has 1 heteroatoms. The third kappa shape index (κ3) is 3.11. The number of hydrogen-bond acceptors (Lipinski definition) is 1. The lowest BCUT2D eigenvalue weighted by Crippen LogP contribution is -1.98. The summed E-state index contributed by atoms with van der Waals surface area (Å²) in [5, 5.41) is -4.63. The van der Waals surface area contributed by atoms with Gasteiger partial charge in [-0.2, -0.15) is 0 Å². The van der Waals surface area contributed by atoms with Crippen LogP contribution in [0.4, 0.5) is 0 Å². The van der Waals surface area contributed by atoms with Crippen molar-refractivity contribution in [3.8, 4) is 44.9 Å². The summed E-state index contributed by atoms with van der Waals surface area (Å²) in [6, 6.07) is -19.7. The molecule has 1 aliphatic heterocycles. The van der Waals surface area contributed by atoms with Gasteiger partial charge in [0.05, 0.1) is 32.9 Å². The van der Waals surface area contributed by atoms with Crippen LogP contribution in [-0.2, 0) is 0 Å². The van der Waals surface area contributed by atoms with Crippen molar-refractivity contribution in [2.24, 2.45) is 0 Å². The molecule has 0 aromatic heterocycles. The van der Waals surface area contributed by atoms with E-state index in [1.54, 1.807) is 0 Å². The molecule has 0 atom stereocenters. The van der Waals surface area contributed by atoms with Crippen LogP contribution in [0.5, 0.6) is 11.5 Å². The summed E-state index contributed by atoms with van der Waals surface area (Å²) >= 11 is 0. The van der Waals surface area contributed by atoms with Crippen molar-refractivity contribution in [2.75, 3.05) is 0 Å². The highest BCUT2D eigenvalue weighted by atomic mass is 16.5. The zero-order valence-corrected chi connectivity index (χ0v) is 21.4. The summed E-state index contributed by atoms with van der Waals surface area (Å²) in [6.07, 6.45) is 0. The van der Waals surface area contributed by atoms with E-state index in [9.17, 15) is 11.0 Å². The monoisotopic (exact) mass is 568 g/mol. The van der Waals surface area contributed by atoms with E-state index < -0.39 is 233 Å². The highest BCUT2D eigenvalue weighted by Crippen LogP contribution is 2.50. The first-order valence-corrected chi connectivity index (χ1v) is 12.9. The standard InChI is InChI=1S/C42H24O/c1-2-16-37-31(11-1)35-15-6-14-34-30(23-24-38(43-37)42(34)35)33-13-5-10-25-9-4-12-32(40(25)33)29-21-19-28-18-17-26-7-3-8-27-20-22-36(29)41(28)39(26)27/h1-24H/i1D,2D,3D,4D,5D,6D,7D,8D,9D,10D,11D,12D,13D,14D,15D,16D,17D,18D,19D,20D,21D,22D,23D,24D. The predicted molar refractivity (Wildman–Crippen MR) is 182 cm³/mol. The lowest BCUT2D eigenvalue weighted by molar-refractivity contribution is 0.487. The van der Waals surface area contributed by atoms with Crippen LogP contribution in [0, 0.1) is 0 Å². The first-order valence-electron chi connectivity index (χ1n) is 24.9. The van der Waals surface area contributed by atoms with Crippen molar-refractivity contribution in [2.45, 2.75) is 0 Å². The Balaban J connectivity index is 1.52. The van der Waals surface area contributed by atoms with Crippen LogP contribution in [0.15, 0.2) is 145 Å². The van der Waals surface area contributed by atoms with Gasteiger partial charge in [-0.25, -0.2) is 0 Å². The predicted octanol–water partition coefficient (Wildman–Crippen LogP) is 12.0. The molecular weight excluding hydrogens is 520 g/mol. The molecule has 0 aliphatic carbocycles. The quantitative estimate of drug-likeness (QED) is 0.188. The molecule has 1 aliphatic rings. The molecule has 9 aromatic rings. The summed E-state index contributed by atoms with van der Waals surface area (Å²) in [7, 11) is 0. The number of fused-ring (bicyclic) bond motifs is 3. The lowest BCUT2D eigenvalue weighted by atomic mass is 9.85. The van der Waals surface area contributed by atoms with Gasteiger partial charge in [-0.15, -0.1) is 0 Å². The Kier molecular flexibility index (Phi) is 1.96. The van der Waals surface area contributed by atoms with Gasteiger partial charge in [-0.1, -0.05) is 133 Å². The average molecular weight is 569 g/mol. The molecule has 198 valence electrons. The minimum absolute atomic E-state index is 0.273. The molecule has 0 saturated carbocycles. The minimum atomic E-state index is -0.962. The second-order valence-corrected chi connectivity index (χ2v) is 9.76. The molecule has 43 heavy (non-hydrogen) atoms. The fraction of sp³-hybridized carbons (Fsp3) is 0. The van der Waals surface area contributed by atoms with Crippen LogP contribution in [0.25, 0.3) is 87.2 Å². The van der Waals surface area contributed by atoms with Gasteiger partial charge >= 0.3 is 0 Å². The van der Waals surface area contributed by atoms with Crippen molar-refractivity contribution < 1.29 is 37.6 Å². The maximum absolute atomic E-state index is 9.52. The van der Waals surface area contributed by atoms with Crippen molar-refractivity contribution in [3.63, 3.8) is 0 Å². The van der Waals surface area contributed by atoms with Crippen molar-refractivity contribution in [3.05, 3.63) is 145 Å². The van der Waals surface area contributed by atoms with Crippen molar-refractivity contribution in [1.29, 1.82) is 0 Å². The van der Waals surface area contributed by atoms with E-state index in [-0.39, 0.29) is 10.8 Å². The van der Waals surface area contributed by atoms with E-state index in [1.165, 1.54) is 0 Å². The molecule has 10 rings (SSSR count). The number of benzene rings is 9. The highest BCUT2D eigenvalue weighted by Gasteiger charge is 2.22. The maximum atomic E-state index is 9.52. The Morgan fingerprint density at radius 1 is 0.302 bits per heavy atom. The van der Waals surface area contributed by atoms with Crippen LogP contribution >= 0.6 is 0 Å². The maximum Gasteiger partial charge on any atom is 0.135 e. The van der Waals surface area contributed by atoms with Gasteiger partial charge in [0.1, 0.15) is 11.5 Å². The first kappa shape index (κ1) is 9.97. The topological polar surface area (TPSA) is 9.23 Å². The molecule has 0 bridgehead atoms. The minimum Gasteiger partial charge on any atom is -0.456 e. The van der Waals surface area contributed by atoms with Crippen LogP contribution in [0.1, 0.15) is 32.9 Å². The van der Waals surface area contributed by atoms with Gasteiger partial charge in [0, 0.05) is 10.9 Å². The summed E-state index contributed by atoms with van der Waals surface area (Å²) < 4.78 is 223. The molecule has 0 unspecified atom stereocenters. The molecular formula is C42H24O. The molecule has 9 aromatic carbocycles. The van der Waals surface area contributed by atoms with Gasteiger partial charge in [0.25, 0.3) is 0 Å². The molecule has 0 saturated heterocycles. The zero-order chi connectivity index (χ0) is 49.0. The Hall–Kier alpha value is -5.66. The van der Waals surface area contributed by atoms with Crippen LogP contribution in [-0.4, -0.2) is 0 Å². The van der Waals surface area contributed by atoms with Gasteiger partial charge < -0.3 is 4.74 Å². The second kappa shape index (κ2) is 8.44. The number of para-hydroxylation sites is 1. The third-order valence-electron chi connectivity index (χ3n) is 7.57. The third-order valence-corrected chi connectivity index (χ3v) is 7.57. The molecule has 0 amide bonds. The Morgan fingerprint density at radius 3 is 1.58 bits per heavy atom. The van der Waals surface area contributed by atoms with Gasteiger partial charge in [-0.3, -0.25) is 0 Å². The molecule has 1 nitrogen and oxygen atoms in total. The first-order chi connectivity index (χ1) is 31.3. The molecule has 1 heterocycles. The fourth-order valence-electron chi connectivity index (χ4n) is 5.77. The molecule has 0 radical (unpaired) electrons. The van der Waals surface area contributed by atoms with E-state index >= 15 is 0 Å². The van der Waals surface area contributed by atoms with Crippen LogP contribution in [0.2, 0.25) is 0 Å². The summed E-state index contributed by atoms with van der Waals surface area (Å²) in [6.45, 7) is 0. The van der Waals surface area contributed by atoms with E-state index in [0.717, 1.165) is 0 Å². The van der Waals surface area contributed by atoms with Crippen molar-refractivity contribution in [1.82, 2.24) is 0 Å². The van der Waals surface area contributed by atoms with E-state index in [1.807, 2.05) is 0 Å². The van der Waals surface area contributed by atoms with Gasteiger partial charge in [-0.05, 0) is 88.4 Å². The Bertz CT molecular complexity index is 3900. The Labute approximate surface area is 282 Å². The number of hydrogen-bond donors (Lipinski definition) is 0. The van der Waals surface area contributed by atoms with E-state index in [0.29, 0.717) is 0 Å². The summed E-state index contributed by atoms with van der Waals surface area (Å²) in [4.78, 5) is 0. The Morgan fingerprint density at radius 2 is 0.814 bits per heavy atom. The SMILES string of the molecule is [2H]c1c([2H])c([2H])c2c(c1[2H])Oc1c([2H])c([2H])c(-c3c([2H])c([2H])c([2H])c4c([2H])c([2H])c([2H])c(-c5c([2H])c([2H])c6c([2H])c([2H])c7c([2H])c([2H])c([2H])c8c([2H])c([2H])c5c6c78)c34)c3c([2H])c([2H])c([2H])c-2c13. The van der Waals surface area contributed by atoms with Crippen LogP contribution < -0.4 is 4.74 Å². The fourth-order valence-corrected chi connectivity index (χ4v) is 5.77. The second-order valence-electron chi connectivity index (χ2n) is 9.76. The lowest BCUT2D eigenvalue weighted by Gasteiger charge is -2.23. The highest BCUT2D eigenvalue weighted by molar-refractivity contribution is 6.27. The molecule has 0 spiro atoms. The summed E-state index contributed by atoms with van der Waals surface area (Å²) in [5.41, 5.74) is -3.60. The van der Waals surface area contributed by atoms with E-state index in [4.69, 9.17) is 26.7 Å².